The van der Waals surface area contributed by atoms with Crippen molar-refractivity contribution in [2.75, 3.05) is 25.0 Å². The highest BCUT2D eigenvalue weighted by molar-refractivity contribution is 5.89. The molecule has 0 amide bonds. The lowest BCUT2D eigenvalue weighted by Crippen LogP contribution is -2.06. The van der Waals surface area contributed by atoms with Gasteiger partial charge in [-0.2, -0.15) is 0 Å². The van der Waals surface area contributed by atoms with Gasteiger partial charge in [-0.15, -0.1) is 0 Å². The van der Waals surface area contributed by atoms with Gasteiger partial charge in [-0.25, -0.2) is 9.78 Å². The number of anilines is 1. The third-order valence-electron chi connectivity index (χ3n) is 1.98. The third-order valence-corrected chi connectivity index (χ3v) is 1.98. The molecule has 3 N–H and O–H groups in total. The summed E-state index contributed by atoms with van der Waals surface area (Å²) in [5.74, 6) is 0.356. The first kappa shape index (κ1) is 13.2. The van der Waals surface area contributed by atoms with Gasteiger partial charge in [0.2, 0.25) is 0 Å². The molecule has 1 rings (SSSR count). The molecular weight excluding hydrogens is 218 g/mol. The summed E-state index contributed by atoms with van der Waals surface area (Å²) in [7, 11) is 0. The van der Waals surface area contributed by atoms with Crippen molar-refractivity contribution in [1.82, 2.24) is 4.98 Å². The summed E-state index contributed by atoms with van der Waals surface area (Å²) in [5, 5.41) is 3.07. The number of hydrogen-bond donors (Lipinski definition) is 2. The largest absolute Gasteiger partial charge is 0.462 e. The second-order valence-corrected chi connectivity index (χ2v) is 3.24. The summed E-state index contributed by atoms with van der Waals surface area (Å²) in [5.41, 5.74) is 5.76. The van der Waals surface area contributed by atoms with Crippen LogP contribution in [0.3, 0.4) is 0 Å². The van der Waals surface area contributed by atoms with Crippen LogP contribution in [0.1, 0.15) is 17.3 Å². The average Bonchev–Trinajstić information content (AvgIpc) is 2.36. The van der Waals surface area contributed by atoms with Gasteiger partial charge in [-0.3, -0.25) is 0 Å². The Morgan fingerprint density at radius 3 is 2.94 bits per heavy atom. The SMILES string of the molecule is CCOC(=O)c1ccc(NC/C=C/CN)nc1. The van der Waals surface area contributed by atoms with Crippen molar-refractivity contribution in [3.05, 3.63) is 36.0 Å². The minimum atomic E-state index is -0.352. The normalized spacial score (nSPS) is 10.5. The smallest absolute Gasteiger partial charge is 0.339 e. The van der Waals surface area contributed by atoms with Crippen LogP contribution in [0, 0.1) is 0 Å². The highest BCUT2D eigenvalue weighted by Gasteiger charge is 2.05. The van der Waals surface area contributed by atoms with E-state index >= 15 is 0 Å². The molecule has 0 aliphatic rings. The summed E-state index contributed by atoms with van der Waals surface area (Å²) >= 11 is 0. The van der Waals surface area contributed by atoms with E-state index in [1.54, 1.807) is 19.1 Å². The molecule has 17 heavy (non-hydrogen) atoms. The topological polar surface area (TPSA) is 77.2 Å². The maximum absolute atomic E-state index is 11.3. The summed E-state index contributed by atoms with van der Waals surface area (Å²) in [6, 6.07) is 3.42. The zero-order valence-electron chi connectivity index (χ0n) is 9.85. The summed E-state index contributed by atoms with van der Waals surface area (Å²) in [4.78, 5) is 15.5. The lowest BCUT2D eigenvalue weighted by atomic mass is 10.3. The first-order valence-electron chi connectivity index (χ1n) is 5.50. The number of hydrogen-bond acceptors (Lipinski definition) is 5. The molecule has 0 aliphatic carbocycles. The van der Waals surface area contributed by atoms with E-state index in [2.05, 4.69) is 10.3 Å². The number of esters is 1. The van der Waals surface area contributed by atoms with Crippen LogP contribution in [0.5, 0.6) is 0 Å². The Kier molecular flexibility index (Phi) is 5.74. The number of carbonyl (C=O) groups excluding carboxylic acids is 1. The second kappa shape index (κ2) is 7.40. The Hall–Kier alpha value is -1.88. The molecule has 0 aliphatic heterocycles. The Morgan fingerprint density at radius 2 is 2.35 bits per heavy atom. The number of rotatable bonds is 6. The maximum atomic E-state index is 11.3. The third kappa shape index (κ3) is 4.65. The zero-order chi connectivity index (χ0) is 12.5. The molecule has 0 saturated heterocycles. The van der Waals surface area contributed by atoms with Crippen LogP contribution in [0.25, 0.3) is 0 Å². The van der Waals surface area contributed by atoms with Crippen LogP contribution in [-0.2, 0) is 4.74 Å². The number of nitrogens with two attached hydrogens (primary N) is 1. The van der Waals surface area contributed by atoms with E-state index < -0.39 is 0 Å². The molecule has 0 radical (unpaired) electrons. The average molecular weight is 235 g/mol. The second-order valence-electron chi connectivity index (χ2n) is 3.24. The van der Waals surface area contributed by atoms with Crippen molar-refractivity contribution in [2.45, 2.75) is 6.92 Å². The van der Waals surface area contributed by atoms with Gasteiger partial charge in [-0.05, 0) is 19.1 Å². The van der Waals surface area contributed by atoms with Gasteiger partial charge in [0, 0.05) is 19.3 Å². The van der Waals surface area contributed by atoms with Crippen molar-refractivity contribution < 1.29 is 9.53 Å². The zero-order valence-corrected chi connectivity index (χ0v) is 9.85. The number of nitrogens with zero attached hydrogens (tertiary/aromatic N) is 1. The van der Waals surface area contributed by atoms with E-state index in [0.717, 1.165) is 0 Å². The van der Waals surface area contributed by atoms with E-state index in [-0.39, 0.29) is 5.97 Å². The van der Waals surface area contributed by atoms with Crippen molar-refractivity contribution in [2.24, 2.45) is 5.73 Å². The standard InChI is InChI=1S/C12H17N3O2/c1-2-17-12(16)10-5-6-11(15-9-10)14-8-4-3-7-13/h3-6,9H,2,7-8,13H2,1H3,(H,14,15)/b4-3+. The molecule has 0 fully saturated rings. The molecule has 0 atom stereocenters. The van der Waals surface area contributed by atoms with Crippen LogP contribution in [0.4, 0.5) is 5.82 Å². The molecule has 1 heterocycles. The van der Waals surface area contributed by atoms with Crippen molar-refractivity contribution >= 4 is 11.8 Å². The lowest BCUT2D eigenvalue weighted by Gasteiger charge is -2.04. The van der Waals surface area contributed by atoms with Crippen LogP contribution in [0.2, 0.25) is 0 Å². The fourth-order valence-corrected chi connectivity index (χ4v) is 1.18. The van der Waals surface area contributed by atoms with Crippen LogP contribution in [-0.4, -0.2) is 30.6 Å². The molecule has 0 saturated carbocycles. The number of ether oxygens (including phenoxy) is 1. The predicted molar refractivity (Wildman–Crippen MR) is 66.9 cm³/mol. The van der Waals surface area contributed by atoms with E-state index in [1.165, 1.54) is 6.20 Å². The highest BCUT2D eigenvalue weighted by atomic mass is 16.5. The van der Waals surface area contributed by atoms with Crippen LogP contribution in [0.15, 0.2) is 30.5 Å². The fraction of sp³-hybridized carbons (Fsp3) is 0.333. The Balaban J connectivity index is 2.50. The van der Waals surface area contributed by atoms with Crippen molar-refractivity contribution in [3.63, 3.8) is 0 Å². The predicted octanol–water partition coefficient (Wildman–Crippen LogP) is 1.19. The van der Waals surface area contributed by atoms with Crippen LogP contribution >= 0.6 is 0 Å². The van der Waals surface area contributed by atoms with Crippen LogP contribution < -0.4 is 11.1 Å². The summed E-state index contributed by atoms with van der Waals surface area (Å²) < 4.78 is 4.86. The van der Waals surface area contributed by atoms with Gasteiger partial charge < -0.3 is 15.8 Å². The van der Waals surface area contributed by atoms with Crippen molar-refractivity contribution in [1.29, 1.82) is 0 Å². The lowest BCUT2D eigenvalue weighted by molar-refractivity contribution is 0.0526. The monoisotopic (exact) mass is 235 g/mol. The van der Waals surface area contributed by atoms with Gasteiger partial charge in [0.1, 0.15) is 5.82 Å². The van der Waals surface area contributed by atoms with Gasteiger partial charge >= 0.3 is 5.97 Å². The molecule has 0 aromatic carbocycles. The summed E-state index contributed by atoms with van der Waals surface area (Å²) in [6.07, 6.45) is 5.27. The Bertz CT molecular complexity index is 374. The fourth-order valence-electron chi connectivity index (χ4n) is 1.18. The van der Waals surface area contributed by atoms with Gasteiger partial charge in [0.15, 0.2) is 0 Å². The number of carbonyl (C=O) groups is 1. The molecule has 0 unspecified atom stereocenters. The number of aromatic nitrogens is 1. The van der Waals surface area contributed by atoms with Gasteiger partial charge in [0.25, 0.3) is 0 Å². The molecule has 5 heteroatoms. The number of nitrogens with one attached hydrogen (secondary N) is 1. The van der Waals surface area contributed by atoms with Crippen molar-refractivity contribution in [3.8, 4) is 0 Å². The maximum Gasteiger partial charge on any atom is 0.339 e. The minimum Gasteiger partial charge on any atom is -0.462 e. The first-order valence-corrected chi connectivity index (χ1v) is 5.50. The Morgan fingerprint density at radius 1 is 1.53 bits per heavy atom. The van der Waals surface area contributed by atoms with Gasteiger partial charge in [0.05, 0.1) is 12.2 Å². The van der Waals surface area contributed by atoms with E-state index in [4.69, 9.17) is 10.5 Å². The molecule has 0 spiro atoms. The molecule has 92 valence electrons. The molecule has 1 aromatic rings. The van der Waals surface area contributed by atoms with E-state index in [9.17, 15) is 4.79 Å². The first-order chi connectivity index (χ1) is 8.27. The highest BCUT2D eigenvalue weighted by Crippen LogP contribution is 2.06. The molecule has 0 bridgehead atoms. The molecular formula is C12H17N3O2. The van der Waals surface area contributed by atoms with Gasteiger partial charge in [-0.1, -0.05) is 12.2 Å². The minimum absolute atomic E-state index is 0.352. The molecule has 1 aromatic heterocycles. The summed E-state index contributed by atoms with van der Waals surface area (Å²) in [6.45, 7) is 3.31. The quantitative estimate of drug-likeness (QED) is 0.572. The van der Waals surface area contributed by atoms with E-state index in [0.29, 0.717) is 31.1 Å². The Labute approximate surface area is 101 Å². The number of pyridine rings is 1. The molecule has 5 nitrogen and oxygen atoms in total. The van der Waals surface area contributed by atoms with E-state index in [1.807, 2.05) is 12.2 Å².